The van der Waals surface area contributed by atoms with E-state index in [-0.39, 0.29) is 10.8 Å². The maximum Gasteiger partial charge on any atom is 0.0541 e. The number of benzene rings is 10. The van der Waals surface area contributed by atoms with Crippen LogP contribution in [-0.2, 0) is 10.8 Å². The van der Waals surface area contributed by atoms with E-state index in [1.165, 1.54) is 195 Å². The molecule has 0 aliphatic heterocycles. The van der Waals surface area contributed by atoms with Crippen molar-refractivity contribution >= 4 is 38.9 Å². The molecule has 2 heteroatoms. The third-order valence-corrected chi connectivity index (χ3v) is 19.3. The zero-order valence-corrected chi connectivity index (χ0v) is 50.6. The number of hydrogen-bond acceptors (Lipinski definition) is 1. The summed E-state index contributed by atoms with van der Waals surface area (Å²) in [4.78, 5) is 2.43. The van der Waals surface area contributed by atoms with E-state index in [0.717, 1.165) is 17.1 Å². The van der Waals surface area contributed by atoms with Crippen molar-refractivity contribution in [3.63, 3.8) is 0 Å². The standard InChI is InChI=1S/C82H82N2/c1-7-9-11-13-15-23-49-82(50-24-16-14-12-10-8-2)77-52-58(4)29-43-71(77)72-44-35-64(54-78(72)82)63-36-48-80-74(53-63)73-51-57(3)30-47-79(73)84(80)68-42-46-70-69-45-41-67(55-75(69)81(5,6)76(70)56-68)83(65-37-31-61(32-38-65)59-25-19-17-20-26-59)66-39-33-62(34-40-66)60-27-21-18-22-28-60/h17-22,25-48,51-56H,7-16,23-24,49-50H2,1-6H3. The average Bonchev–Trinajstić information content (AvgIpc) is 1.82. The van der Waals surface area contributed by atoms with Crippen LogP contribution >= 0.6 is 0 Å². The number of hydrogen-bond donors (Lipinski definition) is 0. The summed E-state index contributed by atoms with van der Waals surface area (Å²) in [6.07, 6.45) is 18.3. The van der Waals surface area contributed by atoms with Gasteiger partial charge in [0.1, 0.15) is 0 Å². The van der Waals surface area contributed by atoms with Gasteiger partial charge < -0.3 is 9.47 Å². The maximum atomic E-state index is 2.64. The van der Waals surface area contributed by atoms with Gasteiger partial charge in [0.25, 0.3) is 0 Å². The molecule has 0 saturated heterocycles. The summed E-state index contributed by atoms with van der Waals surface area (Å²) in [7, 11) is 0. The fraction of sp³-hybridized carbons (Fsp3) is 0.268. The third kappa shape index (κ3) is 10.2. The fourth-order valence-corrected chi connectivity index (χ4v) is 14.8. The van der Waals surface area contributed by atoms with Crippen LogP contribution in [0.3, 0.4) is 0 Å². The number of unbranched alkanes of at least 4 members (excludes halogenated alkanes) is 10. The summed E-state index contributed by atoms with van der Waals surface area (Å²) in [5.74, 6) is 0. The minimum Gasteiger partial charge on any atom is -0.310 e. The number of rotatable bonds is 21. The molecule has 10 aromatic carbocycles. The van der Waals surface area contributed by atoms with Gasteiger partial charge in [-0.05, 0) is 183 Å². The first kappa shape index (κ1) is 55.0. The highest BCUT2D eigenvalue weighted by atomic mass is 15.1. The van der Waals surface area contributed by atoms with E-state index >= 15 is 0 Å². The van der Waals surface area contributed by atoms with E-state index in [1.54, 1.807) is 11.1 Å². The third-order valence-electron chi connectivity index (χ3n) is 19.3. The molecule has 84 heavy (non-hydrogen) atoms. The van der Waals surface area contributed by atoms with Crippen molar-refractivity contribution in [3.05, 3.63) is 252 Å². The number of nitrogens with zero attached hydrogens (tertiary/aromatic N) is 2. The summed E-state index contributed by atoms with van der Waals surface area (Å²) in [5, 5.41) is 2.61. The molecule has 0 N–H and O–H groups in total. The van der Waals surface area contributed by atoms with Crippen molar-refractivity contribution in [1.82, 2.24) is 4.57 Å². The van der Waals surface area contributed by atoms with Gasteiger partial charge >= 0.3 is 0 Å². The van der Waals surface area contributed by atoms with Crippen molar-refractivity contribution in [3.8, 4) is 61.3 Å². The molecule has 2 aliphatic rings. The zero-order chi connectivity index (χ0) is 57.4. The first-order chi connectivity index (χ1) is 41.1. The molecule has 0 amide bonds. The molecular weight excluding hydrogens is 1010 g/mol. The molecule has 420 valence electrons. The lowest BCUT2D eigenvalue weighted by atomic mass is 9.70. The van der Waals surface area contributed by atoms with Crippen molar-refractivity contribution in [2.75, 3.05) is 4.90 Å². The van der Waals surface area contributed by atoms with Crippen LogP contribution in [0.2, 0.25) is 0 Å². The molecule has 0 radical (unpaired) electrons. The van der Waals surface area contributed by atoms with Crippen LogP contribution < -0.4 is 4.90 Å². The van der Waals surface area contributed by atoms with E-state index in [0.29, 0.717) is 0 Å². The maximum absolute atomic E-state index is 2.64. The monoisotopic (exact) mass is 1090 g/mol. The van der Waals surface area contributed by atoms with E-state index < -0.39 is 0 Å². The van der Waals surface area contributed by atoms with Crippen LogP contribution in [0.15, 0.2) is 218 Å². The van der Waals surface area contributed by atoms with E-state index in [2.05, 4.69) is 269 Å². The smallest absolute Gasteiger partial charge is 0.0541 e. The number of aryl methyl sites for hydroxylation is 2. The van der Waals surface area contributed by atoms with Gasteiger partial charge in [0.15, 0.2) is 0 Å². The Balaban J connectivity index is 0.858. The Kier molecular flexibility index (Phi) is 15.4. The Morgan fingerprint density at radius 2 is 0.750 bits per heavy atom. The van der Waals surface area contributed by atoms with Crippen LogP contribution in [0.5, 0.6) is 0 Å². The summed E-state index contributed by atoms with van der Waals surface area (Å²) in [5.41, 5.74) is 28.4. The summed E-state index contributed by atoms with van der Waals surface area (Å²) < 4.78 is 2.53. The van der Waals surface area contributed by atoms with Gasteiger partial charge in [-0.25, -0.2) is 0 Å². The second-order valence-corrected chi connectivity index (χ2v) is 25.3. The molecule has 2 nitrogen and oxygen atoms in total. The molecular formula is C82H82N2. The molecule has 0 saturated carbocycles. The normalized spacial score (nSPS) is 13.5. The minimum absolute atomic E-state index is 0.0333. The van der Waals surface area contributed by atoms with E-state index in [4.69, 9.17) is 0 Å². The first-order valence-electron chi connectivity index (χ1n) is 31.9. The second kappa shape index (κ2) is 23.5. The van der Waals surface area contributed by atoms with Gasteiger partial charge in [-0.1, -0.05) is 255 Å². The van der Waals surface area contributed by atoms with Gasteiger partial charge in [-0.2, -0.15) is 0 Å². The quantitative estimate of drug-likeness (QED) is 0.0651. The lowest BCUT2D eigenvalue weighted by Gasteiger charge is -2.33. The van der Waals surface area contributed by atoms with Crippen LogP contribution in [0.1, 0.15) is 151 Å². The number of aromatic nitrogens is 1. The first-order valence-corrected chi connectivity index (χ1v) is 31.9. The SMILES string of the molecule is CCCCCCCCC1(CCCCCCCC)c2cc(C)ccc2-c2ccc(-c3ccc4c(c3)c3cc(C)ccc3n4-c3ccc4c(c3)C(C)(C)c3cc(N(c5ccc(-c6ccccc6)cc5)c5ccc(-c6ccccc6)cc5)ccc3-4)cc21. The predicted molar refractivity (Wildman–Crippen MR) is 361 cm³/mol. The van der Waals surface area contributed by atoms with E-state index in [9.17, 15) is 0 Å². The minimum atomic E-state index is -0.259. The van der Waals surface area contributed by atoms with Crippen LogP contribution in [0.25, 0.3) is 83.1 Å². The summed E-state index contributed by atoms with van der Waals surface area (Å²) in [6, 6.07) is 83.2. The lowest BCUT2D eigenvalue weighted by Crippen LogP contribution is -2.25. The van der Waals surface area contributed by atoms with Gasteiger partial charge in [-0.3, -0.25) is 0 Å². The van der Waals surface area contributed by atoms with Gasteiger partial charge in [0, 0.05) is 44.4 Å². The van der Waals surface area contributed by atoms with Crippen LogP contribution in [-0.4, -0.2) is 4.57 Å². The van der Waals surface area contributed by atoms with Crippen molar-refractivity contribution in [1.29, 1.82) is 0 Å². The Morgan fingerprint density at radius 1 is 0.333 bits per heavy atom. The highest BCUT2D eigenvalue weighted by molar-refractivity contribution is 6.11. The summed E-state index contributed by atoms with van der Waals surface area (Å²) >= 11 is 0. The Labute approximate surface area is 500 Å². The Hall–Kier alpha value is -8.20. The number of anilines is 3. The zero-order valence-electron chi connectivity index (χ0n) is 50.6. The molecule has 0 fully saturated rings. The molecule has 2 aliphatic carbocycles. The average molecular weight is 1100 g/mol. The molecule has 1 heterocycles. The fourth-order valence-electron chi connectivity index (χ4n) is 14.8. The van der Waals surface area contributed by atoms with Crippen LogP contribution in [0, 0.1) is 13.8 Å². The van der Waals surface area contributed by atoms with Gasteiger partial charge in [-0.15, -0.1) is 0 Å². The van der Waals surface area contributed by atoms with Crippen molar-refractivity contribution in [2.45, 2.75) is 142 Å². The van der Waals surface area contributed by atoms with Crippen molar-refractivity contribution in [2.24, 2.45) is 0 Å². The molecule has 0 unspecified atom stereocenters. The van der Waals surface area contributed by atoms with Crippen molar-refractivity contribution < 1.29 is 0 Å². The second-order valence-electron chi connectivity index (χ2n) is 25.3. The molecule has 0 bridgehead atoms. The molecule has 0 atom stereocenters. The topological polar surface area (TPSA) is 8.17 Å². The number of fused-ring (bicyclic) bond motifs is 9. The Bertz CT molecular complexity index is 4040. The van der Waals surface area contributed by atoms with Gasteiger partial charge in [0.2, 0.25) is 0 Å². The van der Waals surface area contributed by atoms with Crippen LogP contribution in [0.4, 0.5) is 17.1 Å². The predicted octanol–water partition coefficient (Wildman–Crippen LogP) is 23.9. The molecule has 0 spiro atoms. The molecule has 1 aromatic heterocycles. The van der Waals surface area contributed by atoms with Gasteiger partial charge in [0.05, 0.1) is 11.0 Å². The largest absolute Gasteiger partial charge is 0.310 e. The molecule has 13 rings (SSSR count). The summed E-state index contributed by atoms with van der Waals surface area (Å²) in [6.45, 7) is 14.0. The van der Waals surface area contributed by atoms with E-state index in [1.807, 2.05) is 0 Å². The molecule has 11 aromatic rings. The highest BCUT2D eigenvalue weighted by Crippen LogP contribution is 2.56. The lowest BCUT2D eigenvalue weighted by molar-refractivity contribution is 0.398. The Morgan fingerprint density at radius 3 is 1.36 bits per heavy atom. The highest BCUT2D eigenvalue weighted by Gasteiger charge is 2.43.